The highest BCUT2D eigenvalue weighted by atomic mass is 15.2. The molecule has 2 atom stereocenters. The summed E-state index contributed by atoms with van der Waals surface area (Å²) < 4.78 is 1.90. The maximum Gasteiger partial charge on any atom is 0.0521 e. The highest BCUT2D eigenvalue weighted by Gasteiger charge is 2.21. The van der Waals surface area contributed by atoms with Crippen LogP contribution >= 0.6 is 0 Å². The average Bonchev–Trinajstić information content (AvgIpc) is 2.64. The minimum absolute atomic E-state index is 0.737. The number of nitrogens with zero attached hydrogens (tertiary/aromatic N) is 2. The summed E-state index contributed by atoms with van der Waals surface area (Å²) in [5.74, 6) is 0.848. The van der Waals surface area contributed by atoms with Crippen LogP contribution in [0.2, 0.25) is 0 Å². The van der Waals surface area contributed by atoms with Crippen molar-refractivity contribution in [1.29, 1.82) is 0 Å². The Bertz CT molecular complexity index is 306. The Kier molecular flexibility index (Phi) is 3.41. The lowest BCUT2D eigenvalue weighted by molar-refractivity contribution is 0.294. The first-order valence-corrected chi connectivity index (χ1v) is 5.92. The summed E-state index contributed by atoms with van der Waals surface area (Å²) >= 11 is 0. The Hall–Kier alpha value is -0.830. The number of hydrogen-bond acceptors (Lipinski definition) is 2. The van der Waals surface area contributed by atoms with Crippen LogP contribution in [0.4, 0.5) is 0 Å². The van der Waals surface area contributed by atoms with Crippen molar-refractivity contribution in [3.63, 3.8) is 0 Å². The molecule has 1 saturated carbocycles. The van der Waals surface area contributed by atoms with Gasteiger partial charge < -0.3 is 5.32 Å². The van der Waals surface area contributed by atoms with Crippen LogP contribution in [0.5, 0.6) is 0 Å². The zero-order chi connectivity index (χ0) is 10.7. The monoisotopic (exact) mass is 207 g/mol. The zero-order valence-corrected chi connectivity index (χ0v) is 9.74. The van der Waals surface area contributed by atoms with Gasteiger partial charge in [-0.1, -0.05) is 12.8 Å². The molecule has 1 heterocycles. The lowest BCUT2D eigenvalue weighted by Gasteiger charge is -2.28. The van der Waals surface area contributed by atoms with Crippen molar-refractivity contribution in [3.05, 3.63) is 18.0 Å². The van der Waals surface area contributed by atoms with Gasteiger partial charge in [0.1, 0.15) is 0 Å². The van der Waals surface area contributed by atoms with E-state index in [1.165, 1.54) is 37.7 Å². The van der Waals surface area contributed by atoms with Crippen molar-refractivity contribution < 1.29 is 0 Å². The van der Waals surface area contributed by atoms with E-state index < -0.39 is 0 Å². The highest BCUT2D eigenvalue weighted by molar-refractivity contribution is 5.05. The second-order valence-electron chi connectivity index (χ2n) is 4.74. The van der Waals surface area contributed by atoms with Crippen molar-refractivity contribution >= 4 is 0 Å². The fraction of sp³-hybridized carbons (Fsp3) is 0.750. The van der Waals surface area contributed by atoms with Crippen LogP contribution in [0.1, 0.15) is 31.2 Å². The van der Waals surface area contributed by atoms with Gasteiger partial charge in [-0.25, -0.2) is 0 Å². The first-order chi connectivity index (χ1) is 7.28. The molecule has 1 fully saturated rings. The normalized spacial score (nSPS) is 26.8. The molecule has 0 radical (unpaired) electrons. The van der Waals surface area contributed by atoms with Crippen LogP contribution in [0.3, 0.4) is 0 Å². The molecule has 0 spiro atoms. The van der Waals surface area contributed by atoms with Gasteiger partial charge in [-0.2, -0.15) is 5.10 Å². The molecule has 0 saturated heterocycles. The summed E-state index contributed by atoms with van der Waals surface area (Å²) in [6.07, 6.45) is 10.8. The Morgan fingerprint density at radius 1 is 1.53 bits per heavy atom. The fourth-order valence-corrected chi connectivity index (χ4v) is 2.65. The van der Waals surface area contributed by atoms with Gasteiger partial charge in [0, 0.05) is 19.3 Å². The van der Waals surface area contributed by atoms with Crippen molar-refractivity contribution in [1.82, 2.24) is 15.1 Å². The number of hydrogen-bond donors (Lipinski definition) is 1. The predicted octanol–water partition coefficient (Wildman–Crippen LogP) is 1.74. The molecule has 3 nitrogen and oxygen atoms in total. The molecular formula is C12H21N3. The molecular weight excluding hydrogens is 186 g/mol. The van der Waals surface area contributed by atoms with E-state index in [2.05, 4.69) is 23.7 Å². The maximum atomic E-state index is 4.22. The third-order valence-corrected chi connectivity index (χ3v) is 3.47. The topological polar surface area (TPSA) is 29.9 Å². The van der Waals surface area contributed by atoms with E-state index in [1.807, 2.05) is 17.9 Å². The maximum absolute atomic E-state index is 4.22. The van der Waals surface area contributed by atoms with E-state index in [0.29, 0.717) is 0 Å². The first kappa shape index (κ1) is 10.7. The molecule has 1 aliphatic rings. The minimum Gasteiger partial charge on any atom is -0.317 e. The fourth-order valence-electron chi connectivity index (χ4n) is 2.65. The summed E-state index contributed by atoms with van der Waals surface area (Å²) in [5, 5.41) is 7.63. The summed E-state index contributed by atoms with van der Waals surface area (Å²) in [7, 11) is 4.07. The van der Waals surface area contributed by atoms with Gasteiger partial charge in [0.25, 0.3) is 0 Å². The van der Waals surface area contributed by atoms with Crippen LogP contribution in [-0.2, 0) is 13.5 Å². The number of rotatable bonds is 3. The summed E-state index contributed by atoms with van der Waals surface area (Å²) in [6.45, 7) is 0. The van der Waals surface area contributed by atoms with E-state index in [4.69, 9.17) is 0 Å². The molecule has 3 heteroatoms. The van der Waals surface area contributed by atoms with Gasteiger partial charge in [-0.3, -0.25) is 4.68 Å². The molecule has 0 bridgehead atoms. The third-order valence-electron chi connectivity index (χ3n) is 3.47. The quantitative estimate of drug-likeness (QED) is 0.818. The highest BCUT2D eigenvalue weighted by Crippen LogP contribution is 2.26. The summed E-state index contributed by atoms with van der Waals surface area (Å²) in [4.78, 5) is 0. The Morgan fingerprint density at radius 2 is 2.40 bits per heavy atom. The molecule has 0 aliphatic heterocycles. The molecule has 0 aromatic carbocycles. The average molecular weight is 207 g/mol. The summed E-state index contributed by atoms with van der Waals surface area (Å²) in [5.41, 5.74) is 1.39. The third kappa shape index (κ3) is 2.81. The standard InChI is InChI=1S/C12H21N3/c1-13-12-5-3-4-10(7-12)6-11-8-14-15(2)9-11/h8-10,12-13H,3-7H2,1-2H3. The van der Waals surface area contributed by atoms with Gasteiger partial charge in [-0.05, 0) is 37.8 Å². The lowest BCUT2D eigenvalue weighted by atomic mass is 9.82. The van der Waals surface area contributed by atoms with Crippen molar-refractivity contribution in [2.24, 2.45) is 13.0 Å². The molecule has 15 heavy (non-hydrogen) atoms. The SMILES string of the molecule is CNC1CCCC(Cc2cnn(C)c2)C1. The van der Waals surface area contributed by atoms with Crippen molar-refractivity contribution in [3.8, 4) is 0 Å². The predicted molar refractivity (Wildman–Crippen MR) is 61.7 cm³/mol. The molecule has 2 rings (SSSR count). The molecule has 84 valence electrons. The largest absolute Gasteiger partial charge is 0.317 e. The van der Waals surface area contributed by atoms with E-state index in [0.717, 1.165) is 12.0 Å². The molecule has 1 aromatic heterocycles. The lowest BCUT2D eigenvalue weighted by Crippen LogP contribution is -2.31. The zero-order valence-electron chi connectivity index (χ0n) is 9.74. The van der Waals surface area contributed by atoms with Crippen LogP contribution in [0.25, 0.3) is 0 Å². The van der Waals surface area contributed by atoms with Crippen LogP contribution in [0, 0.1) is 5.92 Å². The van der Waals surface area contributed by atoms with Gasteiger partial charge in [-0.15, -0.1) is 0 Å². The molecule has 1 aliphatic carbocycles. The number of aromatic nitrogens is 2. The minimum atomic E-state index is 0.737. The van der Waals surface area contributed by atoms with E-state index in [1.54, 1.807) is 0 Å². The molecule has 1 aromatic rings. The molecule has 2 unspecified atom stereocenters. The van der Waals surface area contributed by atoms with E-state index in [9.17, 15) is 0 Å². The molecule has 0 amide bonds. The Balaban J connectivity index is 1.88. The van der Waals surface area contributed by atoms with Crippen molar-refractivity contribution in [2.75, 3.05) is 7.05 Å². The summed E-state index contributed by atoms with van der Waals surface area (Å²) in [6, 6.07) is 0.737. The molecule has 1 N–H and O–H groups in total. The van der Waals surface area contributed by atoms with Gasteiger partial charge in [0.2, 0.25) is 0 Å². The van der Waals surface area contributed by atoms with Gasteiger partial charge in [0.05, 0.1) is 6.20 Å². The number of nitrogens with one attached hydrogen (secondary N) is 1. The second kappa shape index (κ2) is 4.79. The van der Waals surface area contributed by atoms with Crippen molar-refractivity contribution in [2.45, 2.75) is 38.1 Å². The van der Waals surface area contributed by atoms with Crippen LogP contribution < -0.4 is 5.32 Å². The van der Waals surface area contributed by atoms with Gasteiger partial charge >= 0.3 is 0 Å². The smallest absolute Gasteiger partial charge is 0.0521 e. The number of aryl methyl sites for hydroxylation is 1. The van der Waals surface area contributed by atoms with Gasteiger partial charge in [0.15, 0.2) is 0 Å². The Labute approximate surface area is 91.9 Å². The van der Waals surface area contributed by atoms with E-state index in [-0.39, 0.29) is 0 Å². The van der Waals surface area contributed by atoms with Crippen LogP contribution in [-0.4, -0.2) is 22.9 Å². The van der Waals surface area contributed by atoms with Crippen LogP contribution in [0.15, 0.2) is 12.4 Å². The Morgan fingerprint density at radius 3 is 3.07 bits per heavy atom. The first-order valence-electron chi connectivity index (χ1n) is 5.92. The van der Waals surface area contributed by atoms with E-state index >= 15 is 0 Å². The second-order valence-corrected chi connectivity index (χ2v) is 4.74.